The molecule has 0 amide bonds. The van der Waals surface area contributed by atoms with Crippen molar-refractivity contribution < 1.29 is 4.79 Å². The van der Waals surface area contributed by atoms with E-state index in [0.717, 1.165) is 25.1 Å². The van der Waals surface area contributed by atoms with E-state index < -0.39 is 5.54 Å². The molecule has 0 N–H and O–H groups in total. The van der Waals surface area contributed by atoms with E-state index in [1.165, 1.54) is 5.56 Å². The molecule has 0 bridgehead atoms. The Bertz CT molecular complexity index is 465. The molecule has 2 heteroatoms. The summed E-state index contributed by atoms with van der Waals surface area (Å²) >= 11 is 0. The average Bonchev–Trinajstić information content (AvgIpc) is 2.46. The summed E-state index contributed by atoms with van der Waals surface area (Å²) < 4.78 is 0. The van der Waals surface area contributed by atoms with Gasteiger partial charge in [-0.3, -0.25) is 9.69 Å². The van der Waals surface area contributed by atoms with Crippen molar-refractivity contribution >= 4 is 5.78 Å². The number of carbonyl (C=O) groups excluding carboxylic acids is 1. The quantitative estimate of drug-likeness (QED) is 0.709. The number of carbonyl (C=O) groups is 1. The summed E-state index contributed by atoms with van der Waals surface area (Å²) in [7, 11) is 0. The lowest BCUT2D eigenvalue weighted by molar-refractivity contribution is 0.0607. The van der Waals surface area contributed by atoms with E-state index >= 15 is 0 Å². The summed E-state index contributed by atoms with van der Waals surface area (Å²) in [6.45, 7) is 16.8. The van der Waals surface area contributed by atoms with Crippen LogP contribution in [0.25, 0.3) is 0 Å². The van der Waals surface area contributed by atoms with Crippen molar-refractivity contribution in [3.8, 4) is 0 Å². The van der Waals surface area contributed by atoms with Crippen LogP contribution in [0, 0.1) is 0 Å². The number of ketones is 1. The fraction of sp³-hybridized carbons (Fsp3) is 0.632. The zero-order valence-corrected chi connectivity index (χ0v) is 14.8. The Hall–Kier alpha value is -1.15. The van der Waals surface area contributed by atoms with E-state index in [9.17, 15) is 4.79 Å². The molecule has 0 saturated heterocycles. The predicted molar refractivity (Wildman–Crippen MR) is 91.1 cm³/mol. The van der Waals surface area contributed by atoms with Crippen LogP contribution in [0.1, 0.15) is 70.8 Å². The largest absolute Gasteiger partial charge is 0.292 e. The highest BCUT2D eigenvalue weighted by Gasteiger charge is 2.36. The summed E-state index contributed by atoms with van der Waals surface area (Å²) in [6.07, 6.45) is 0.828. The molecule has 1 rings (SSSR count). The van der Waals surface area contributed by atoms with Crippen molar-refractivity contribution in [2.45, 2.75) is 65.8 Å². The molecule has 0 spiro atoms. The summed E-state index contributed by atoms with van der Waals surface area (Å²) in [6, 6.07) is 8.15. The summed E-state index contributed by atoms with van der Waals surface area (Å²) in [5.41, 5.74) is 1.79. The van der Waals surface area contributed by atoms with Gasteiger partial charge in [-0.2, -0.15) is 0 Å². The van der Waals surface area contributed by atoms with E-state index in [4.69, 9.17) is 0 Å². The minimum absolute atomic E-state index is 0.120. The monoisotopic (exact) mass is 289 g/mol. The lowest BCUT2D eigenvalue weighted by Crippen LogP contribution is -2.51. The first kappa shape index (κ1) is 17.9. The normalized spacial score (nSPS) is 15.0. The second-order valence-electron chi connectivity index (χ2n) is 6.96. The maximum Gasteiger partial charge on any atom is 0.182 e. The van der Waals surface area contributed by atoms with E-state index in [2.05, 4.69) is 65.5 Å². The third-order valence-electron chi connectivity index (χ3n) is 4.65. The second kappa shape index (κ2) is 6.74. The molecule has 1 aromatic rings. The van der Waals surface area contributed by atoms with Crippen molar-refractivity contribution in [2.75, 3.05) is 13.1 Å². The highest BCUT2D eigenvalue weighted by atomic mass is 16.1. The second-order valence-corrected chi connectivity index (χ2v) is 6.96. The lowest BCUT2D eigenvalue weighted by Gasteiger charge is -2.38. The van der Waals surface area contributed by atoms with Crippen LogP contribution in [0.4, 0.5) is 0 Å². The average molecular weight is 289 g/mol. The number of rotatable bonds is 6. The van der Waals surface area contributed by atoms with Gasteiger partial charge in [0.2, 0.25) is 0 Å². The predicted octanol–water partition coefficient (Wildman–Crippen LogP) is 4.68. The molecular weight excluding hydrogens is 258 g/mol. The van der Waals surface area contributed by atoms with Gasteiger partial charge in [-0.15, -0.1) is 0 Å². The van der Waals surface area contributed by atoms with E-state index in [1.54, 1.807) is 0 Å². The molecule has 0 fully saturated rings. The van der Waals surface area contributed by atoms with Crippen molar-refractivity contribution in [1.82, 2.24) is 4.90 Å². The van der Waals surface area contributed by atoms with Crippen LogP contribution >= 0.6 is 0 Å². The molecule has 0 aliphatic carbocycles. The molecule has 21 heavy (non-hydrogen) atoms. The van der Waals surface area contributed by atoms with Crippen LogP contribution in [-0.4, -0.2) is 29.3 Å². The summed E-state index contributed by atoms with van der Waals surface area (Å²) in [5.74, 6) is 0.231. The Morgan fingerprint density at radius 3 is 1.76 bits per heavy atom. The molecule has 0 saturated carbocycles. The highest BCUT2D eigenvalue weighted by Crippen LogP contribution is 2.27. The SMILES string of the molecule is CCN(CC)C(C)(CC)C(=O)c1ccc(C(C)(C)C)cc1. The van der Waals surface area contributed by atoms with Crippen molar-refractivity contribution in [3.63, 3.8) is 0 Å². The Labute approximate surface area is 130 Å². The maximum absolute atomic E-state index is 13.0. The third kappa shape index (κ3) is 3.74. The number of benzene rings is 1. The first-order chi connectivity index (χ1) is 9.70. The first-order valence-electron chi connectivity index (χ1n) is 8.11. The molecule has 0 aliphatic rings. The van der Waals surface area contributed by atoms with Gasteiger partial charge in [-0.25, -0.2) is 0 Å². The van der Waals surface area contributed by atoms with Crippen LogP contribution < -0.4 is 0 Å². The van der Waals surface area contributed by atoms with Gasteiger partial charge < -0.3 is 0 Å². The van der Waals surface area contributed by atoms with Crippen molar-refractivity contribution in [2.24, 2.45) is 0 Å². The number of Topliss-reactive ketones (excluding diaryl/α,β-unsaturated/α-hetero) is 1. The topological polar surface area (TPSA) is 20.3 Å². The molecule has 0 radical (unpaired) electrons. The molecule has 1 atom stereocenters. The third-order valence-corrected chi connectivity index (χ3v) is 4.65. The molecular formula is C19H31NO. The van der Waals surface area contributed by atoms with Gasteiger partial charge in [-0.05, 0) is 37.4 Å². The molecule has 1 aromatic carbocycles. The minimum Gasteiger partial charge on any atom is -0.292 e. The minimum atomic E-state index is -0.410. The van der Waals surface area contributed by atoms with Crippen LogP contribution in [-0.2, 0) is 5.41 Å². The van der Waals surface area contributed by atoms with E-state index in [-0.39, 0.29) is 11.2 Å². The fourth-order valence-corrected chi connectivity index (χ4v) is 2.88. The molecule has 0 aliphatic heterocycles. The number of hydrogen-bond acceptors (Lipinski definition) is 2. The smallest absolute Gasteiger partial charge is 0.182 e. The van der Waals surface area contributed by atoms with Crippen LogP contribution in [0.15, 0.2) is 24.3 Å². The number of likely N-dealkylation sites (N-methyl/N-ethyl adjacent to an activating group) is 1. The maximum atomic E-state index is 13.0. The van der Waals surface area contributed by atoms with Crippen molar-refractivity contribution in [3.05, 3.63) is 35.4 Å². The molecule has 1 unspecified atom stereocenters. The highest BCUT2D eigenvalue weighted by molar-refractivity contribution is 6.03. The van der Waals surface area contributed by atoms with Gasteiger partial charge in [0, 0.05) is 5.56 Å². The van der Waals surface area contributed by atoms with Crippen LogP contribution in [0.3, 0.4) is 0 Å². The van der Waals surface area contributed by atoms with E-state index in [1.807, 2.05) is 12.1 Å². The van der Waals surface area contributed by atoms with Gasteiger partial charge in [-0.1, -0.05) is 65.8 Å². The molecule has 2 nitrogen and oxygen atoms in total. The van der Waals surface area contributed by atoms with Gasteiger partial charge in [0.25, 0.3) is 0 Å². The van der Waals surface area contributed by atoms with Gasteiger partial charge >= 0.3 is 0 Å². The van der Waals surface area contributed by atoms with Crippen LogP contribution in [0.2, 0.25) is 0 Å². The number of nitrogens with zero attached hydrogens (tertiary/aromatic N) is 1. The summed E-state index contributed by atoms with van der Waals surface area (Å²) in [5, 5.41) is 0. The Morgan fingerprint density at radius 2 is 1.43 bits per heavy atom. The van der Waals surface area contributed by atoms with Gasteiger partial charge in [0.1, 0.15) is 0 Å². The zero-order valence-electron chi connectivity index (χ0n) is 14.8. The number of hydrogen-bond donors (Lipinski definition) is 0. The Balaban J connectivity index is 3.11. The van der Waals surface area contributed by atoms with E-state index in [0.29, 0.717) is 0 Å². The Morgan fingerprint density at radius 1 is 0.952 bits per heavy atom. The Kier molecular flexibility index (Phi) is 5.75. The van der Waals surface area contributed by atoms with Gasteiger partial charge in [0.05, 0.1) is 5.54 Å². The zero-order chi connectivity index (χ0) is 16.3. The standard InChI is InChI=1S/C19H31NO/c1-8-19(7,20(9-2)10-3)17(21)15-11-13-16(14-12-15)18(4,5)6/h11-14H,8-10H2,1-7H3. The van der Waals surface area contributed by atoms with Gasteiger partial charge in [0.15, 0.2) is 5.78 Å². The fourth-order valence-electron chi connectivity index (χ4n) is 2.88. The van der Waals surface area contributed by atoms with Crippen LogP contribution in [0.5, 0.6) is 0 Å². The lowest BCUT2D eigenvalue weighted by atomic mass is 9.83. The molecule has 118 valence electrons. The molecule has 0 aromatic heterocycles. The summed E-state index contributed by atoms with van der Waals surface area (Å²) in [4.78, 5) is 15.2. The molecule has 0 heterocycles. The van der Waals surface area contributed by atoms with Crippen molar-refractivity contribution in [1.29, 1.82) is 0 Å². The first-order valence-corrected chi connectivity index (χ1v) is 8.11.